The van der Waals surface area contributed by atoms with Crippen LogP contribution >= 0.6 is 0 Å². The Labute approximate surface area is 109 Å². The number of carbonyl (C=O) groups is 1. The van der Waals surface area contributed by atoms with Crippen molar-refractivity contribution in [3.05, 3.63) is 35.4 Å². The van der Waals surface area contributed by atoms with Crippen molar-refractivity contribution in [2.24, 2.45) is 0 Å². The fourth-order valence-electron chi connectivity index (χ4n) is 2.32. The van der Waals surface area contributed by atoms with Gasteiger partial charge in [0.25, 0.3) is 0 Å². The second-order valence-corrected chi connectivity index (χ2v) is 5.97. The molecular weight excluding hydrogens is 226 g/mol. The molecular formula is C15H22NO2+. The normalized spacial score (nSPS) is 18.5. The van der Waals surface area contributed by atoms with Gasteiger partial charge in [0.05, 0.1) is 27.1 Å². The minimum atomic E-state index is -0.0617. The lowest BCUT2D eigenvalue weighted by Gasteiger charge is -2.23. The van der Waals surface area contributed by atoms with Gasteiger partial charge in [0.1, 0.15) is 13.2 Å². The van der Waals surface area contributed by atoms with Crippen LogP contribution in [-0.2, 0) is 16.0 Å². The predicted molar refractivity (Wildman–Crippen MR) is 71.4 cm³/mol. The van der Waals surface area contributed by atoms with Crippen LogP contribution in [0.2, 0.25) is 0 Å². The van der Waals surface area contributed by atoms with Gasteiger partial charge in [-0.2, -0.15) is 0 Å². The largest absolute Gasteiger partial charge is 0.459 e. The summed E-state index contributed by atoms with van der Waals surface area (Å²) in [7, 11) is 6.29. The Balaban J connectivity index is 1.92. The van der Waals surface area contributed by atoms with Crippen LogP contribution in [0.1, 0.15) is 23.5 Å². The third kappa shape index (κ3) is 3.10. The van der Waals surface area contributed by atoms with Gasteiger partial charge in [-0.25, -0.2) is 0 Å². The molecule has 98 valence electrons. The van der Waals surface area contributed by atoms with Gasteiger partial charge < -0.3 is 9.22 Å². The number of hydrogen-bond donors (Lipinski definition) is 0. The van der Waals surface area contributed by atoms with Gasteiger partial charge in [0.15, 0.2) is 0 Å². The minimum absolute atomic E-state index is 0.0475. The quantitative estimate of drug-likeness (QED) is 0.601. The van der Waals surface area contributed by atoms with Crippen LogP contribution in [0.15, 0.2) is 24.3 Å². The van der Waals surface area contributed by atoms with Crippen LogP contribution in [-0.4, -0.2) is 44.7 Å². The zero-order valence-electron chi connectivity index (χ0n) is 11.5. The number of aryl methyl sites for hydroxylation is 1. The van der Waals surface area contributed by atoms with Crippen LogP contribution in [0.25, 0.3) is 0 Å². The molecule has 0 radical (unpaired) electrons. The van der Waals surface area contributed by atoms with E-state index in [1.165, 1.54) is 5.56 Å². The van der Waals surface area contributed by atoms with E-state index in [0.29, 0.717) is 6.61 Å². The summed E-state index contributed by atoms with van der Waals surface area (Å²) in [4.78, 5) is 12.1. The van der Waals surface area contributed by atoms with Crippen LogP contribution < -0.4 is 0 Å². The molecule has 3 nitrogen and oxygen atoms in total. The van der Waals surface area contributed by atoms with Crippen molar-refractivity contribution in [3.63, 3.8) is 0 Å². The topological polar surface area (TPSA) is 26.3 Å². The Morgan fingerprint density at radius 2 is 2.06 bits per heavy atom. The predicted octanol–water partition coefficient (Wildman–Crippen LogP) is 1.97. The Hall–Kier alpha value is -1.35. The van der Waals surface area contributed by atoms with Gasteiger partial charge in [-0.1, -0.05) is 24.3 Å². The number of carbonyl (C=O) groups excluding carboxylic acids is 1. The number of hydrogen-bond acceptors (Lipinski definition) is 2. The maximum atomic E-state index is 12.1. The van der Waals surface area contributed by atoms with Crippen molar-refractivity contribution in [3.8, 4) is 0 Å². The molecule has 3 heteroatoms. The summed E-state index contributed by atoms with van der Waals surface area (Å²) in [6.45, 7) is 1.35. The maximum absolute atomic E-state index is 12.1. The number of quaternary nitrogens is 1. The smallest absolute Gasteiger partial charge is 0.313 e. The summed E-state index contributed by atoms with van der Waals surface area (Å²) in [6.07, 6.45) is 1.88. The van der Waals surface area contributed by atoms with Crippen molar-refractivity contribution in [2.45, 2.75) is 18.8 Å². The average molecular weight is 248 g/mol. The molecule has 1 unspecified atom stereocenters. The fourth-order valence-corrected chi connectivity index (χ4v) is 2.32. The summed E-state index contributed by atoms with van der Waals surface area (Å²) in [6, 6.07) is 8.18. The standard InChI is InChI=1S/C15H22NO2/c1-16(2,3)10-11-18-15(17)14-9-8-12-6-4-5-7-13(12)14/h4-7,14H,8-11H2,1-3H3/q+1. The molecule has 0 heterocycles. The van der Waals surface area contributed by atoms with E-state index in [1.54, 1.807) is 0 Å². The van der Waals surface area contributed by atoms with E-state index in [-0.39, 0.29) is 11.9 Å². The number of likely N-dealkylation sites (N-methyl/N-ethyl adjacent to an activating group) is 1. The SMILES string of the molecule is C[N+](C)(C)CCOC(=O)C1CCc2ccccc21. The molecule has 2 rings (SSSR count). The molecule has 18 heavy (non-hydrogen) atoms. The molecule has 0 saturated carbocycles. The van der Waals surface area contributed by atoms with E-state index < -0.39 is 0 Å². The van der Waals surface area contributed by atoms with E-state index in [4.69, 9.17) is 4.74 Å². The van der Waals surface area contributed by atoms with Crippen LogP contribution in [0.3, 0.4) is 0 Å². The van der Waals surface area contributed by atoms with E-state index in [9.17, 15) is 4.79 Å². The number of rotatable bonds is 4. The van der Waals surface area contributed by atoms with Crippen molar-refractivity contribution >= 4 is 5.97 Å². The van der Waals surface area contributed by atoms with Crippen molar-refractivity contribution < 1.29 is 14.0 Å². The number of benzene rings is 1. The summed E-state index contributed by atoms with van der Waals surface area (Å²) in [5.41, 5.74) is 2.46. The van der Waals surface area contributed by atoms with Crippen molar-refractivity contribution in [1.82, 2.24) is 0 Å². The minimum Gasteiger partial charge on any atom is -0.459 e. The maximum Gasteiger partial charge on any atom is 0.313 e. The zero-order valence-corrected chi connectivity index (χ0v) is 11.5. The molecule has 1 aromatic carbocycles. The molecule has 0 saturated heterocycles. The van der Waals surface area contributed by atoms with Gasteiger partial charge in [-0.15, -0.1) is 0 Å². The number of esters is 1. The fraction of sp³-hybridized carbons (Fsp3) is 0.533. The number of fused-ring (bicyclic) bond motifs is 1. The molecule has 1 aromatic rings. The van der Waals surface area contributed by atoms with Crippen LogP contribution in [0.4, 0.5) is 0 Å². The number of ether oxygens (including phenoxy) is 1. The first-order valence-corrected chi connectivity index (χ1v) is 6.52. The van der Waals surface area contributed by atoms with Gasteiger partial charge in [0, 0.05) is 0 Å². The summed E-state index contributed by atoms with van der Waals surface area (Å²) < 4.78 is 6.22. The third-order valence-electron chi connectivity index (χ3n) is 3.42. The Kier molecular flexibility index (Phi) is 3.71. The molecule has 0 spiro atoms. The first kappa shape index (κ1) is 13.1. The second kappa shape index (κ2) is 5.11. The lowest BCUT2D eigenvalue weighted by atomic mass is 10.0. The second-order valence-electron chi connectivity index (χ2n) is 5.97. The molecule has 0 N–H and O–H groups in total. The summed E-state index contributed by atoms with van der Waals surface area (Å²) >= 11 is 0. The Bertz CT molecular complexity index is 434. The van der Waals surface area contributed by atoms with Gasteiger partial charge >= 0.3 is 5.97 Å². The highest BCUT2D eigenvalue weighted by Crippen LogP contribution is 2.33. The van der Waals surface area contributed by atoms with E-state index in [2.05, 4.69) is 27.2 Å². The van der Waals surface area contributed by atoms with Gasteiger partial charge in [-0.3, -0.25) is 4.79 Å². The first-order chi connectivity index (χ1) is 8.47. The highest BCUT2D eigenvalue weighted by Gasteiger charge is 2.29. The monoisotopic (exact) mass is 248 g/mol. The molecule has 1 aliphatic carbocycles. The third-order valence-corrected chi connectivity index (χ3v) is 3.42. The van der Waals surface area contributed by atoms with Gasteiger partial charge in [0.2, 0.25) is 0 Å². The molecule has 0 fully saturated rings. The highest BCUT2D eigenvalue weighted by molar-refractivity contribution is 5.79. The molecule has 0 aliphatic heterocycles. The molecule has 1 atom stereocenters. The zero-order chi connectivity index (χ0) is 13.2. The molecule has 0 aromatic heterocycles. The highest BCUT2D eigenvalue weighted by atomic mass is 16.5. The first-order valence-electron chi connectivity index (χ1n) is 6.52. The lowest BCUT2D eigenvalue weighted by molar-refractivity contribution is -0.870. The van der Waals surface area contributed by atoms with E-state index >= 15 is 0 Å². The lowest BCUT2D eigenvalue weighted by Crippen LogP contribution is -2.38. The van der Waals surface area contributed by atoms with Crippen LogP contribution in [0, 0.1) is 0 Å². The average Bonchev–Trinajstić information content (AvgIpc) is 2.70. The van der Waals surface area contributed by atoms with Crippen molar-refractivity contribution in [2.75, 3.05) is 34.3 Å². The Morgan fingerprint density at radius 3 is 2.78 bits per heavy atom. The molecule has 1 aliphatic rings. The number of nitrogens with zero attached hydrogens (tertiary/aromatic N) is 1. The van der Waals surface area contributed by atoms with E-state index in [0.717, 1.165) is 29.4 Å². The molecule has 0 amide bonds. The Morgan fingerprint density at radius 1 is 1.33 bits per heavy atom. The van der Waals surface area contributed by atoms with Crippen molar-refractivity contribution in [1.29, 1.82) is 0 Å². The molecule has 0 bridgehead atoms. The van der Waals surface area contributed by atoms with Gasteiger partial charge in [-0.05, 0) is 24.0 Å². The summed E-state index contributed by atoms with van der Waals surface area (Å²) in [5, 5.41) is 0. The van der Waals surface area contributed by atoms with Crippen LogP contribution in [0.5, 0.6) is 0 Å². The summed E-state index contributed by atoms with van der Waals surface area (Å²) in [5.74, 6) is -0.109. The van der Waals surface area contributed by atoms with E-state index in [1.807, 2.05) is 18.2 Å².